The Balaban J connectivity index is 2.22. The number of carbonyl (C=O) groups is 1. The van der Waals surface area contributed by atoms with Crippen molar-refractivity contribution >= 4 is 34.8 Å². The topological polar surface area (TPSA) is 46.3 Å². The SMILES string of the molecule is CCN(Cc1ccc(N)cc1)C(=O)c1cccc(Cl)c1Cl. The van der Waals surface area contributed by atoms with Gasteiger partial charge < -0.3 is 10.6 Å². The lowest BCUT2D eigenvalue weighted by Crippen LogP contribution is -2.30. The van der Waals surface area contributed by atoms with E-state index in [0.29, 0.717) is 34.4 Å². The van der Waals surface area contributed by atoms with Gasteiger partial charge >= 0.3 is 0 Å². The minimum atomic E-state index is -0.137. The molecule has 5 heteroatoms. The smallest absolute Gasteiger partial charge is 0.255 e. The number of hydrogen-bond donors (Lipinski definition) is 1. The van der Waals surface area contributed by atoms with Crippen LogP contribution in [0, 0.1) is 0 Å². The van der Waals surface area contributed by atoms with Crippen molar-refractivity contribution < 1.29 is 4.79 Å². The number of anilines is 1. The second-order valence-corrected chi connectivity index (χ2v) is 5.45. The molecule has 2 rings (SSSR count). The van der Waals surface area contributed by atoms with Crippen LogP contribution in [-0.4, -0.2) is 17.4 Å². The van der Waals surface area contributed by atoms with Crippen LogP contribution in [0.25, 0.3) is 0 Å². The zero-order valence-electron chi connectivity index (χ0n) is 11.6. The van der Waals surface area contributed by atoms with Crippen molar-refractivity contribution in [1.82, 2.24) is 4.90 Å². The first kappa shape index (κ1) is 15.7. The number of amides is 1. The first-order chi connectivity index (χ1) is 10.0. The summed E-state index contributed by atoms with van der Waals surface area (Å²) in [6.07, 6.45) is 0. The first-order valence-corrected chi connectivity index (χ1v) is 7.36. The zero-order valence-corrected chi connectivity index (χ0v) is 13.2. The Labute approximate surface area is 134 Å². The van der Waals surface area contributed by atoms with Crippen LogP contribution in [0.1, 0.15) is 22.8 Å². The van der Waals surface area contributed by atoms with Crippen molar-refractivity contribution in [2.45, 2.75) is 13.5 Å². The van der Waals surface area contributed by atoms with Gasteiger partial charge in [0.15, 0.2) is 0 Å². The van der Waals surface area contributed by atoms with Crippen molar-refractivity contribution in [1.29, 1.82) is 0 Å². The maximum atomic E-state index is 12.6. The van der Waals surface area contributed by atoms with E-state index in [0.717, 1.165) is 5.56 Å². The third-order valence-electron chi connectivity index (χ3n) is 3.20. The Kier molecular flexibility index (Phi) is 5.10. The van der Waals surface area contributed by atoms with Crippen LogP contribution < -0.4 is 5.73 Å². The van der Waals surface area contributed by atoms with Gasteiger partial charge in [0, 0.05) is 18.8 Å². The van der Waals surface area contributed by atoms with Gasteiger partial charge in [-0.1, -0.05) is 41.4 Å². The molecule has 2 N–H and O–H groups in total. The summed E-state index contributed by atoms with van der Waals surface area (Å²) in [6, 6.07) is 12.5. The number of nitrogens with zero attached hydrogens (tertiary/aromatic N) is 1. The molecule has 0 saturated carbocycles. The number of hydrogen-bond acceptors (Lipinski definition) is 2. The largest absolute Gasteiger partial charge is 0.399 e. The lowest BCUT2D eigenvalue weighted by Gasteiger charge is -2.22. The van der Waals surface area contributed by atoms with Crippen LogP contribution in [0.3, 0.4) is 0 Å². The molecule has 0 radical (unpaired) electrons. The van der Waals surface area contributed by atoms with Crippen molar-refractivity contribution in [2.24, 2.45) is 0 Å². The van der Waals surface area contributed by atoms with E-state index < -0.39 is 0 Å². The number of carbonyl (C=O) groups excluding carboxylic acids is 1. The monoisotopic (exact) mass is 322 g/mol. The van der Waals surface area contributed by atoms with Crippen LogP contribution in [0.2, 0.25) is 10.0 Å². The normalized spacial score (nSPS) is 10.4. The fourth-order valence-corrected chi connectivity index (χ4v) is 2.39. The maximum Gasteiger partial charge on any atom is 0.255 e. The highest BCUT2D eigenvalue weighted by atomic mass is 35.5. The third kappa shape index (κ3) is 3.69. The van der Waals surface area contributed by atoms with Gasteiger partial charge in [0.25, 0.3) is 5.91 Å². The molecule has 0 spiro atoms. The molecular formula is C16H16Cl2N2O. The van der Waals surface area contributed by atoms with E-state index in [1.165, 1.54) is 0 Å². The summed E-state index contributed by atoms with van der Waals surface area (Å²) in [5.74, 6) is -0.137. The highest BCUT2D eigenvalue weighted by Gasteiger charge is 2.18. The minimum Gasteiger partial charge on any atom is -0.399 e. The average Bonchev–Trinajstić information content (AvgIpc) is 2.49. The first-order valence-electron chi connectivity index (χ1n) is 6.60. The van der Waals surface area contributed by atoms with Crippen molar-refractivity contribution in [2.75, 3.05) is 12.3 Å². The number of benzene rings is 2. The molecule has 0 unspecified atom stereocenters. The third-order valence-corrected chi connectivity index (χ3v) is 4.02. The lowest BCUT2D eigenvalue weighted by molar-refractivity contribution is 0.0753. The number of rotatable bonds is 4. The molecule has 2 aromatic rings. The van der Waals surface area contributed by atoms with Crippen LogP contribution in [0.4, 0.5) is 5.69 Å². The molecule has 110 valence electrons. The highest BCUT2D eigenvalue weighted by molar-refractivity contribution is 6.43. The standard InChI is InChI=1S/C16H16Cl2N2O/c1-2-20(10-11-6-8-12(19)9-7-11)16(21)13-4-3-5-14(17)15(13)18/h3-9H,2,10,19H2,1H3. The van der Waals surface area contributed by atoms with E-state index in [9.17, 15) is 4.79 Å². The minimum absolute atomic E-state index is 0.137. The molecule has 0 bridgehead atoms. The molecule has 0 heterocycles. The number of halogens is 2. The maximum absolute atomic E-state index is 12.6. The predicted molar refractivity (Wildman–Crippen MR) is 87.7 cm³/mol. The van der Waals surface area contributed by atoms with Gasteiger partial charge in [0.1, 0.15) is 0 Å². The van der Waals surface area contributed by atoms with E-state index in [1.54, 1.807) is 23.1 Å². The van der Waals surface area contributed by atoms with E-state index in [-0.39, 0.29) is 5.91 Å². The van der Waals surface area contributed by atoms with Crippen LogP contribution >= 0.6 is 23.2 Å². The molecular weight excluding hydrogens is 307 g/mol. The molecule has 0 aliphatic carbocycles. The van der Waals surface area contributed by atoms with E-state index in [1.807, 2.05) is 31.2 Å². The number of nitrogens with two attached hydrogens (primary N) is 1. The summed E-state index contributed by atoms with van der Waals surface area (Å²) in [4.78, 5) is 14.3. The molecule has 3 nitrogen and oxygen atoms in total. The van der Waals surface area contributed by atoms with Crippen LogP contribution in [0.15, 0.2) is 42.5 Å². The summed E-state index contributed by atoms with van der Waals surface area (Å²) < 4.78 is 0. The van der Waals surface area contributed by atoms with Gasteiger partial charge in [-0.25, -0.2) is 0 Å². The number of nitrogen functional groups attached to an aromatic ring is 1. The summed E-state index contributed by atoms with van der Waals surface area (Å²) in [5.41, 5.74) is 7.79. The fraction of sp³-hybridized carbons (Fsp3) is 0.188. The molecule has 21 heavy (non-hydrogen) atoms. The second kappa shape index (κ2) is 6.83. The average molecular weight is 323 g/mol. The quantitative estimate of drug-likeness (QED) is 0.856. The summed E-state index contributed by atoms with van der Waals surface area (Å²) in [6.45, 7) is 3.00. The molecule has 1 amide bonds. The Bertz CT molecular complexity index is 641. The van der Waals surface area contributed by atoms with E-state index in [2.05, 4.69) is 0 Å². The predicted octanol–water partition coefficient (Wildman–Crippen LogP) is 4.24. The van der Waals surface area contributed by atoms with E-state index >= 15 is 0 Å². The van der Waals surface area contributed by atoms with Gasteiger partial charge in [-0.15, -0.1) is 0 Å². The van der Waals surface area contributed by atoms with Gasteiger partial charge in [-0.05, 0) is 36.8 Å². The molecule has 0 aromatic heterocycles. The summed E-state index contributed by atoms with van der Waals surface area (Å²) >= 11 is 12.1. The Morgan fingerprint density at radius 1 is 1.14 bits per heavy atom. The molecule has 0 atom stereocenters. The van der Waals surface area contributed by atoms with Crippen molar-refractivity contribution in [3.05, 3.63) is 63.6 Å². The van der Waals surface area contributed by atoms with E-state index in [4.69, 9.17) is 28.9 Å². The molecule has 0 aliphatic rings. The zero-order chi connectivity index (χ0) is 15.4. The summed E-state index contributed by atoms with van der Waals surface area (Å²) in [7, 11) is 0. The Morgan fingerprint density at radius 3 is 2.43 bits per heavy atom. The van der Waals surface area contributed by atoms with Crippen molar-refractivity contribution in [3.8, 4) is 0 Å². The van der Waals surface area contributed by atoms with Gasteiger partial charge in [-0.3, -0.25) is 4.79 Å². The van der Waals surface area contributed by atoms with Gasteiger partial charge in [-0.2, -0.15) is 0 Å². The fourth-order valence-electron chi connectivity index (χ4n) is 2.01. The highest BCUT2D eigenvalue weighted by Crippen LogP contribution is 2.27. The molecule has 2 aromatic carbocycles. The van der Waals surface area contributed by atoms with Gasteiger partial charge in [0.05, 0.1) is 15.6 Å². The molecule has 0 saturated heterocycles. The second-order valence-electron chi connectivity index (χ2n) is 4.66. The molecule has 0 aliphatic heterocycles. The lowest BCUT2D eigenvalue weighted by atomic mass is 10.1. The Morgan fingerprint density at radius 2 is 1.81 bits per heavy atom. The summed E-state index contributed by atoms with van der Waals surface area (Å²) in [5, 5.41) is 0.672. The van der Waals surface area contributed by atoms with Crippen LogP contribution in [-0.2, 0) is 6.54 Å². The Hall–Kier alpha value is -1.71. The van der Waals surface area contributed by atoms with Crippen LogP contribution in [0.5, 0.6) is 0 Å². The molecule has 0 fully saturated rings. The van der Waals surface area contributed by atoms with Crippen molar-refractivity contribution in [3.63, 3.8) is 0 Å². The van der Waals surface area contributed by atoms with Gasteiger partial charge in [0.2, 0.25) is 0 Å².